The van der Waals surface area contributed by atoms with Crippen molar-refractivity contribution in [3.63, 3.8) is 0 Å². The van der Waals surface area contributed by atoms with Crippen molar-refractivity contribution in [3.05, 3.63) is 59.1 Å². The number of amides is 1. The fraction of sp³-hybridized carbons (Fsp3) is 0.250. The average Bonchev–Trinajstić information content (AvgIpc) is 2.95. The first-order chi connectivity index (χ1) is 10.6. The van der Waals surface area contributed by atoms with E-state index < -0.39 is 5.54 Å². The monoisotopic (exact) mass is 315 g/mol. The molecule has 3 aromatic rings. The molecule has 1 aliphatic rings. The van der Waals surface area contributed by atoms with E-state index >= 15 is 0 Å². The van der Waals surface area contributed by atoms with Crippen LogP contribution in [0.5, 0.6) is 0 Å². The van der Waals surface area contributed by atoms with E-state index in [0.717, 1.165) is 29.1 Å². The van der Waals surface area contributed by atoms with Gasteiger partial charge in [-0.1, -0.05) is 12.1 Å². The number of carbonyl (C=O) groups excluding carboxylic acids is 1. The number of hydrogen-bond donors (Lipinski definition) is 1. The van der Waals surface area contributed by atoms with Gasteiger partial charge in [0.25, 0.3) is 0 Å². The zero-order valence-electron chi connectivity index (χ0n) is 11.8. The Morgan fingerprint density at radius 2 is 2.32 bits per heavy atom. The molecular weight excluding hydrogens is 301 g/mol. The van der Waals surface area contributed by atoms with E-state index in [9.17, 15) is 9.18 Å². The largest absolute Gasteiger partial charge is 0.346 e. The molecule has 2 aromatic heterocycles. The minimum absolute atomic E-state index is 0.0764. The molecule has 0 atom stereocenters. The van der Waals surface area contributed by atoms with Crippen LogP contribution in [0.25, 0.3) is 4.96 Å². The van der Waals surface area contributed by atoms with Gasteiger partial charge in [0.1, 0.15) is 5.82 Å². The van der Waals surface area contributed by atoms with Gasteiger partial charge in [-0.05, 0) is 30.5 Å². The van der Waals surface area contributed by atoms with E-state index in [1.807, 2.05) is 28.2 Å². The van der Waals surface area contributed by atoms with Gasteiger partial charge in [0, 0.05) is 17.8 Å². The molecule has 112 valence electrons. The summed E-state index contributed by atoms with van der Waals surface area (Å²) in [6.45, 7) is 0. The van der Waals surface area contributed by atoms with Gasteiger partial charge in [0.2, 0.25) is 5.91 Å². The summed E-state index contributed by atoms with van der Waals surface area (Å²) in [5, 5.41) is 5.00. The lowest BCUT2D eigenvalue weighted by Gasteiger charge is -2.17. The normalized spacial score (nSPS) is 15.9. The number of aromatic nitrogens is 2. The molecule has 1 saturated carbocycles. The Labute approximate surface area is 130 Å². The summed E-state index contributed by atoms with van der Waals surface area (Å²) in [4.78, 5) is 17.6. The van der Waals surface area contributed by atoms with Crippen LogP contribution in [0.15, 0.2) is 42.0 Å². The van der Waals surface area contributed by atoms with Crippen molar-refractivity contribution in [1.82, 2.24) is 14.7 Å². The van der Waals surface area contributed by atoms with Crippen molar-refractivity contribution >= 4 is 22.2 Å². The summed E-state index contributed by atoms with van der Waals surface area (Å²) < 4.78 is 15.3. The lowest BCUT2D eigenvalue weighted by atomic mass is 10.0. The molecule has 1 N–H and O–H groups in total. The fourth-order valence-electron chi connectivity index (χ4n) is 2.73. The van der Waals surface area contributed by atoms with Gasteiger partial charge in [0.05, 0.1) is 17.7 Å². The molecular formula is C16H14FN3OS. The van der Waals surface area contributed by atoms with Crippen molar-refractivity contribution in [3.8, 4) is 0 Å². The highest BCUT2D eigenvalue weighted by atomic mass is 32.1. The first-order valence-corrected chi connectivity index (χ1v) is 8.01. The van der Waals surface area contributed by atoms with Gasteiger partial charge in [-0.25, -0.2) is 9.37 Å². The number of fused-ring (bicyclic) bond motifs is 1. The van der Waals surface area contributed by atoms with E-state index in [1.54, 1.807) is 6.07 Å². The molecule has 0 aliphatic heterocycles. The van der Waals surface area contributed by atoms with Crippen molar-refractivity contribution in [2.24, 2.45) is 0 Å². The SMILES string of the molecule is O=C(Cc1cn2ccsc2n1)NC1(c2cccc(F)c2)CC1. The molecule has 4 rings (SSSR count). The average molecular weight is 315 g/mol. The zero-order chi connectivity index (χ0) is 15.2. The second-order valence-corrected chi connectivity index (χ2v) is 6.52. The number of carbonyl (C=O) groups is 1. The third-order valence-electron chi connectivity index (χ3n) is 3.99. The lowest BCUT2D eigenvalue weighted by Crippen LogP contribution is -2.36. The van der Waals surface area contributed by atoms with Gasteiger partial charge in [-0.2, -0.15) is 0 Å². The van der Waals surface area contributed by atoms with E-state index in [1.165, 1.54) is 23.5 Å². The number of nitrogens with zero attached hydrogens (tertiary/aromatic N) is 2. The van der Waals surface area contributed by atoms with Crippen LogP contribution in [0, 0.1) is 5.82 Å². The molecule has 0 bridgehead atoms. The van der Waals surface area contributed by atoms with Gasteiger partial charge in [0.15, 0.2) is 4.96 Å². The molecule has 0 radical (unpaired) electrons. The van der Waals surface area contributed by atoms with E-state index in [4.69, 9.17) is 0 Å². The standard InChI is InChI=1S/C16H14FN3OS/c17-12-3-1-2-11(8-12)16(4-5-16)19-14(21)9-13-10-20-6-7-22-15(20)18-13/h1-3,6-8,10H,4-5,9H2,(H,19,21). The second-order valence-electron chi connectivity index (χ2n) is 5.64. The van der Waals surface area contributed by atoms with Crippen LogP contribution in [0.4, 0.5) is 4.39 Å². The third kappa shape index (κ3) is 2.39. The van der Waals surface area contributed by atoms with Crippen LogP contribution in [-0.4, -0.2) is 15.3 Å². The van der Waals surface area contributed by atoms with Crippen molar-refractivity contribution in [2.75, 3.05) is 0 Å². The van der Waals surface area contributed by atoms with E-state index in [0.29, 0.717) is 0 Å². The number of rotatable bonds is 4. The highest BCUT2D eigenvalue weighted by Crippen LogP contribution is 2.45. The molecule has 0 saturated heterocycles. The molecule has 1 aromatic carbocycles. The molecule has 1 amide bonds. The Kier molecular flexibility index (Phi) is 3.00. The van der Waals surface area contributed by atoms with E-state index in [-0.39, 0.29) is 18.1 Å². The van der Waals surface area contributed by atoms with Crippen molar-refractivity contribution in [2.45, 2.75) is 24.8 Å². The Morgan fingerprint density at radius 3 is 3.05 bits per heavy atom. The van der Waals surface area contributed by atoms with Crippen molar-refractivity contribution < 1.29 is 9.18 Å². The molecule has 22 heavy (non-hydrogen) atoms. The van der Waals surface area contributed by atoms with Crippen LogP contribution >= 0.6 is 11.3 Å². The number of nitrogens with one attached hydrogen (secondary N) is 1. The fourth-order valence-corrected chi connectivity index (χ4v) is 3.45. The minimum Gasteiger partial charge on any atom is -0.346 e. The maximum atomic E-state index is 13.4. The van der Waals surface area contributed by atoms with Crippen LogP contribution in [-0.2, 0) is 16.8 Å². The predicted molar refractivity (Wildman–Crippen MR) is 82.2 cm³/mol. The Balaban J connectivity index is 1.48. The first-order valence-electron chi connectivity index (χ1n) is 7.13. The van der Waals surface area contributed by atoms with Crippen LogP contribution in [0.3, 0.4) is 0 Å². The summed E-state index contributed by atoms with van der Waals surface area (Å²) in [5.41, 5.74) is 1.20. The molecule has 0 spiro atoms. The molecule has 1 aliphatic carbocycles. The summed E-state index contributed by atoms with van der Waals surface area (Å²) in [7, 11) is 0. The number of thiazole rings is 1. The quantitative estimate of drug-likeness (QED) is 0.805. The van der Waals surface area contributed by atoms with E-state index in [2.05, 4.69) is 10.3 Å². The number of benzene rings is 1. The Morgan fingerprint density at radius 1 is 1.45 bits per heavy atom. The first kappa shape index (κ1) is 13.5. The van der Waals surface area contributed by atoms with Crippen LogP contribution in [0.2, 0.25) is 0 Å². The van der Waals surface area contributed by atoms with Crippen molar-refractivity contribution in [1.29, 1.82) is 0 Å². The minimum atomic E-state index is -0.393. The molecule has 0 unspecified atom stereocenters. The van der Waals surface area contributed by atoms with Gasteiger partial charge < -0.3 is 5.32 Å². The summed E-state index contributed by atoms with van der Waals surface area (Å²) in [6.07, 6.45) is 5.73. The molecule has 2 heterocycles. The van der Waals surface area contributed by atoms with Gasteiger partial charge in [-0.15, -0.1) is 11.3 Å². The third-order valence-corrected chi connectivity index (χ3v) is 4.76. The predicted octanol–water partition coefficient (Wildman–Crippen LogP) is 2.88. The summed E-state index contributed by atoms with van der Waals surface area (Å²) in [5.74, 6) is -0.347. The summed E-state index contributed by atoms with van der Waals surface area (Å²) in [6, 6.07) is 6.46. The smallest absolute Gasteiger partial charge is 0.226 e. The molecule has 4 nitrogen and oxygen atoms in total. The topological polar surface area (TPSA) is 46.4 Å². The molecule has 6 heteroatoms. The lowest BCUT2D eigenvalue weighted by molar-refractivity contribution is -0.121. The maximum absolute atomic E-state index is 13.4. The highest BCUT2D eigenvalue weighted by Gasteiger charge is 2.45. The Hall–Kier alpha value is -2.21. The van der Waals surface area contributed by atoms with Crippen LogP contribution in [0.1, 0.15) is 24.1 Å². The Bertz CT molecular complexity index is 821. The zero-order valence-corrected chi connectivity index (χ0v) is 12.6. The number of hydrogen-bond acceptors (Lipinski definition) is 3. The van der Waals surface area contributed by atoms with Gasteiger partial charge >= 0.3 is 0 Å². The highest BCUT2D eigenvalue weighted by molar-refractivity contribution is 7.15. The maximum Gasteiger partial charge on any atom is 0.226 e. The number of imidazole rings is 1. The second kappa shape index (κ2) is 4.91. The number of halogens is 1. The van der Waals surface area contributed by atoms with Gasteiger partial charge in [-0.3, -0.25) is 9.20 Å². The summed E-state index contributed by atoms with van der Waals surface area (Å²) >= 11 is 1.54. The van der Waals surface area contributed by atoms with Crippen LogP contribution < -0.4 is 5.32 Å². The molecule has 1 fully saturated rings.